The van der Waals surface area contributed by atoms with E-state index in [2.05, 4.69) is 47.3 Å². The van der Waals surface area contributed by atoms with E-state index in [0.29, 0.717) is 17.1 Å². The third kappa shape index (κ3) is 6.82. The first-order valence-corrected chi connectivity index (χ1v) is 11.7. The second kappa shape index (κ2) is 10.3. The zero-order valence-corrected chi connectivity index (χ0v) is 20.1. The SMILES string of the molecule is CC(C)(C)c1ccc(OCC(=O)Nc2cccc(NC(=O)C3CCCCC3)c2)c(Br)c1. The second-order valence-corrected chi connectivity index (χ2v) is 9.99. The summed E-state index contributed by atoms with van der Waals surface area (Å²) in [6, 6.07) is 13.1. The third-order valence-corrected chi connectivity index (χ3v) is 6.17. The van der Waals surface area contributed by atoms with E-state index < -0.39 is 0 Å². The predicted molar refractivity (Wildman–Crippen MR) is 129 cm³/mol. The van der Waals surface area contributed by atoms with Crippen LogP contribution in [0.4, 0.5) is 11.4 Å². The lowest BCUT2D eigenvalue weighted by Gasteiger charge is -2.21. The van der Waals surface area contributed by atoms with Gasteiger partial charge < -0.3 is 15.4 Å². The Hall–Kier alpha value is -2.34. The van der Waals surface area contributed by atoms with Crippen LogP contribution in [0, 0.1) is 5.92 Å². The lowest BCUT2D eigenvalue weighted by Crippen LogP contribution is -2.25. The van der Waals surface area contributed by atoms with Crippen LogP contribution >= 0.6 is 15.9 Å². The summed E-state index contributed by atoms with van der Waals surface area (Å²) in [7, 11) is 0. The summed E-state index contributed by atoms with van der Waals surface area (Å²) in [6.07, 6.45) is 5.34. The molecular formula is C25H31BrN2O3. The van der Waals surface area contributed by atoms with Crippen LogP contribution in [0.2, 0.25) is 0 Å². The Morgan fingerprint density at radius 2 is 1.68 bits per heavy atom. The molecule has 3 rings (SSSR count). The number of ether oxygens (including phenoxy) is 1. The standard InChI is InChI=1S/C25H31BrN2O3/c1-25(2,3)18-12-13-22(21(26)14-18)31-16-23(29)27-19-10-7-11-20(15-19)28-24(30)17-8-5-4-6-9-17/h7,10-15,17H,4-6,8-9,16H2,1-3H3,(H,27,29)(H,28,30). The summed E-state index contributed by atoms with van der Waals surface area (Å²) < 4.78 is 6.50. The van der Waals surface area contributed by atoms with Gasteiger partial charge in [0.2, 0.25) is 5.91 Å². The molecule has 6 heteroatoms. The number of carbonyl (C=O) groups is 2. The van der Waals surface area contributed by atoms with Crippen molar-refractivity contribution in [3.63, 3.8) is 0 Å². The van der Waals surface area contributed by atoms with Crippen molar-refractivity contribution in [1.29, 1.82) is 0 Å². The van der Waals surface area contributed by atoms with Crippen LogP contribution in [0.5, 0.6) is 5.75 Å². The third-order valence-electron chi connectivity index (χ3n) is 5.55. The van der Waals surface area contributed by atoms with Gasteiger partial charge in [-0.2, -0.15) is 0 Å². The summed E-state index contributed by atoms with van der Waals surface area (Å²) in [5.74, 6) is 0.512. The first kappa shape index (κ1) is 23.3. The zero-order valence-electron chi connectivity index (χ0n) is 18.5. The van der Waals surface area contributed by atoms with Crippen molar-refractivity contribution in [3.05, 3.63) is 52.5 Å². The van der Waals surface area contributed by atoms with Crippen LogP contribution in [0.15, 0.2) is 46.9 Å². The first-order valence-electron chi connectivity index (χ1n) is 10.9. The molecule has 2 N–H and O–H groups in total. The summed E-state index contributed by atoms with van der Waals surface area (Å²) >= 11 is 3.52. The molecule has 31 heavy (non-hydrogen) atoms. The van der Waals surface area contributed by atoms with E-state index in [-0.39, 0.29) is 29.8 Å². The number of amides is 2. The highest BCUT2D eigenvalue weighted by Gasteiger charge is 2.21. The van der Waals surface area contributed by atoms with Crippen LogP contribution in [0.25, 0.3) is 0 Å². The van der Waals surface area contributed by atoms with Crippen LogP contribution in [-0.4, -0.2) is 18.4 Å². The Morgan fingerprint density at radius 3 is 2.32 bits per heavy atom. The highest BCUT2D eigenvalue weighted by atomic mass is 79.9. The maximum Gasteiger partial charge on any atom is 0.262 e. The fourth-order valence-corrected chi connectivity index (χ4v) is 4.20. The number of benzene rings is 2. The van der Waals surface area contributed by atoms with Gasteiger partial charge in [-0.15, -0.1) is 0 Å². The monoisotopic (exact) mass is 486 g/mol. The number of halogens is 1. The lowest BCUT2D eigenvalue weighted by molar-refractivity contribution is -0.120. The summed E-state index contributed by atoms with van der Waals surface area (Å²) in [5.41, 5.74) is 2.53. The second-order valence-electron chi connectivity index (χ2n) is 9.14. The molecule has 0 bridgehead atoms. The quantitative estimate of drug-likeness (QED) is 0.504. The molecule has 0 radical (unpaired) electrons. The van der Waals surface area contributed by atoms with Crippen molar-refractivity contribution in [1.82, 2.24) is 0 Å². The molecule has 1 fully saturated rings. The van der Waals surface area contributed by atoms with Crippen molar-refractivity contribution < 1.29 is 14.3 Å². The van der Waals surface area contributed by atoms with Crippen LogP contribution in [0.3, 0.4) is 0 Å². The van der Waals surface area contributed by atoms with Gasteiger partial charge in [0.15, 0.2) is 6.61 Å². The Balaban J connectivity index is 1.54. The Morgan fingerprint density at radius 1 is 1.00 bits per heavy atom. The fraction of sp³-hybridized carbons (Fsp3) is 0.440. The number of hydrogen-bond acceptors (Lipinski definition) is 3. The molecule has 2 aromatic carbocycles. The van der Waals surface area contributed by atoms with Gasteiger partial charge >= 0.3 is 0 Å². The molecule has 1 aliphatic carbocycles. The molecule has 0 aliphatic heterocycles. The van der Waals surface area contributed by atoms with E-state index in [9.17, 15) is 9.59 Å². The maximum absolute atomic E-state index is 12.5. The molecule has 0 saturated heterocycles. The zero-order chi connectivity index (χ0) is 22.4. The molecule has 0 atom stereocenters. The van der Waals surface area contributed by atoms with E-state index in [0.717, 1.165) is 30.2 Å². The molecular weight excluding hydrogens is 456 g/mol. The van der Waals surface area contributed by atoms with E-state index in [1.165, 1.54) is 12.0 Å². The van der Waals surface area contributed by atoms with Crippen molar-refractivity contribution in [2.45, 2.75) is 58.3 Å². The number of carbonyl (C=O) groups excluding carboxylic acids is 2. The number of nitrogens with one attached hydrogen (secondary N) is 2. The van der Waals surface area contributed by atoms with E-state index in [4.69, 9.17) is 4.74 Å². The minimum atomic E-state index is -0.262. The smallest absolute Gasteiger partial charge is 0.262 e. The largest absolute Gasteiger partial charge is 0.483 e. The molecule has 2 aromatic rings. The lowest BCUT2D eigenvalue weighted by atomic mass is 9.87. The van der Waals surface area contributed by atoms with E-state index in [1.807, 2.05) is 30.3 Å². The van der Waals surface area contributed by atoms with Crippen molar-refractivity contribution in [2.24, 2.45) is 5.92 Å². The molecule has 5 nitrogen and oxygen atoms in total. The molecule has 2 amide bonds. The minimum Gasteiger partial charge on any atom is -0.483 e. The topological polar surface area (TPSA) is 67.4 Å². The van der Waals surface area contributed by atoms with Gasteiger partial charge in [-0.1, -0.05) is 52.2 Å². The van der Waals surface area contributed by atoms with Crippen molar-refractivity contribution in [3.8, 4) is 5.75 Å². The summed E-state index contributed by atoms with van der Waals surface area (Å²) in [5, 5.41) is 5.81. The maximum atomic E-state index is 12.5. The van der Waals surface area contributed by atoms with Gasteiger partial charge in [-0.05, 0) is 70.1 Å². The molecule has 1 saturated carbocycles. The Bertz CT molecular complexity index is 931. The summed E-state index contributed by atoms with van der Waals surface area (Å²) in [6.45, 7) is 6.34. The summed E-state index contributed by atoms with van der Waals surface area (Å²) in [4.78, 5) is 24.8. The molecule has 0 unspecified atom stereocenters. The highest BCUT2D eigenvalue weighted by Crippen LogP contribution is 2.31. The number of anilines is 2. The van der Waals surface area contributed by atoms with Gasteiger partial charge in [0, 0.05) is 17.3 Å². The Kier molecular flexibility index (Phi) is 7.76. The van der Waals surface area contributed by atoms with Gasteiger partial charge in [0.25, 0.3) is 5.91 Å². The highest BCUT2D eigenvalue weighted by molar-refractivity contribution is 9.10. The molecule has 0 spiro atoms. The van der Waals surface area contributed by atoms with Gasteiger partial charge in [0.05, 0.1) is 4.47 Å². The van der Waals surface area contributed by atoms with E-state index >= 15 is 0 Å². The average Bonchev–Trinajstić information content (AvgIpc) is 2.73. The average molecular weight is 487 g/mol. The molecule has 1 aliphatic rings. The molecule has 166 valence electrons. The van der Waals surface area contributed by atoms with Crippen LogP contribution in [-0.2, 0) is 15.0 Å². The predicted octanol–water partition coefficient (Wildman–Crippen LogP) is 6.28. The van der Waals surface area contributed by atoms with Crippen molar-refractivity contribution >= 4 is 39.1 Å². The number of hydrogen-bond donors (Lipinski definition) is 2. The molecule has 0 heterocycles. The fourth-order valence-electron chi connectivity index (χ4n) is 3.71. The normalized spacial score (nSPS) is 14.7. The van der Waals surface area contributed by atoms with E-state index in [1.54, 1.807) is 12.1 Å². The molecule has 0 aromatic heterocycles. The van der Waals surface area contributed by atoms with Crippen LogP contribution in [0.1, 0.15) is 58.4 Å². The van der Waals surface area contributed by atoms with Gasteiger partial charge in [-0.3, -0.25) is 9.59 Å². The van der Waals surface area contributed by atoms with Crippen molar-refractivity contribution in [2.75, 3.05) is 17.2 Å². The van der Waals surface area contributed by atoms with Gasteiger partial charge in [-0.25, -0.2) is 0 Å². The number of rotatable bonds is 6. The minimum absolute atomic E-state index is 0.0375. The first-order chi connectivity index (χ1) is 14.7. The van der Waals surface area contributed by atoms with Crippen LogP contribution < -0.4 is 15.4 Å². The Labute approximate surface area is 193 Å². The van der Waals surface area contributed by atoms with Gasteiger partial charge in [0.1, 0.15) is 5.75 Å².